The summed E-state index contributed by atoms with van der Waals surface area (Å²) in [6.07, 6.45) is -4.09. The van der Waals surface area contributed by atoms with E-state index >= 15 is 0 Å². The Labute approximate surface area is 120 Å². The van der Waals surface area contributed by atoms with Gasteiger partial charge in [-0.2, -0.15) is 13.2 Å². The average molecular weight is 313 g/mol. The minimum atomic E-state index is -4.32. The molecule has 0 amide bonds. The van der Waals surface area contributed by atoms with Crippen molar-refractivity contribution < 1.29 is 27.4 Å². The highest BCUT2D eigenvalue weighted by Gasteiger charge is 2.27. The number of hydrogen-bond acceptors (Lipinski definition) is 3. The summed E-state index contributed by atoms with van der Waals surface area (Å²) in [5, 5.41) is -0.520. The molecule has 114 valence electrons. The lowest BCUT2D eigenvalue weighted by atomic mass is 10.1. The van der Waals surface area contributed by atoms with Crippen molar-refractivity contribution in [2.75, 3.05) is 27.4 Å². The Bertz CT molecular complexity index is 424. The average Bonchev–Trinajstić information content (AvgIpc) is 2.41. The summed E-state index contributed by atoms with van der Waals surface area (Å²) in [5.41, 5.74) is 0.657. The zero-order valence-corrected chi connectivity index (χ0v) is 11.9. The van der Waals surface area contributed by atoms with Crippen molar-refractivity contribution in [3.63, 3.8) is 0 Å². The van der Waals surface area contributed by atoms with Crippen LogP contribution in [0.3, 0.4) is 0 Å². The third-order valence-electron chi connectivity index (χ3n) is 2.56. The first-order valence-electron chi connectivity index (χ1n) is 5.88. The molecule has 0 fully saturated rings. The van der Waals surface area contributed by atoms with Crippen LogP contribution >= 0.6 is 11.6 Å². The van der Waals surface area contributed by atoms with Crippen LogP contribution in [-0.4, -0.2) is 33.6 Å². The van der Waals surface area contributed by atoms with E-state index in [4.69, 9.17) is 21.1 Å². The van der Waals surface area contributed by atoms with Crippen molar-refractivity contribution >= 4 is 11.6 Å². The molecule has 0 spiro atoms. The Morgan fingerprint density at radius 3 is 2.45 bits per heavy atom. The van der Waals surface area contributed by atoms with Gasteiger partial charge in [0.05, 0.1) is 19.6 Å². The third kappa shape index (κ3) is 5.46. The van der Waals surface area contributed by atoms with Gasteiger partial charge in [-0.3, -0.25) is 0 Å². The monoisotopic (exact) mass is 312 g/mol. The molecule has 1 unspecified atom stereocenters. The highest BCUT2D eigenvalue weighted by atomic mass is 35.5. The molecule has 20 heavy (non-hydrogen) atoms. The van der Waals surface area contributed by atoms with Gasteiger partial charge in [0.2, 0.25) is 0 Å². The summed E-state index contributed by atoms with van der Waals surface area (Å²) < 4.78 is 50.6. The first-order valence-corrected chi connectivity index (χ1v) is 6.31. The summed E-state index contributed by atoms with van der Waals surface area (Å²) in [5.74, 6) is 1.16. The van der Waals surface area contributed by atoms with Gasteiger partial charge in [-0.25, -0.2) is 0 Å². The first-order chi connectivity index (χ1) is 9.37. The lowest BCUT2D eigenvalue weighted by Gasteiger charge is -2.15. The lowest BCUT2D eigenvalue weighted by molar-refractivity contribution is -0.174. The van der Waals surface area contributed by atoms with Gasteiger partial charge in [0, 0.05) is 12.2 Å². The van der Waals surface area contributed by atoms with Gasteiger partial charge in [0.1, 0.15) is 18.1 Å². The zero-order chi connectivity index (χ0) is 15.2. The van der Waals surface area contributed by atoms with Crippen LogP contribution < -0.4 is 9.47 Å². The second-order valence-electron chi connectivity index (χ2n) is 4.03. The van der Waals surface area contributed by atoms with E-state index in [0.717, 1.165) is 0 Å². The van der Waals surface area contributed by atoms with Crippen LogP contribution in [0.1, 0.15) is 17.4 Å². The minimum Gasteiger partial charge on any atom is -0.497 e. The van der Waals surface area contributed by atoms with Crippen LogP contribution in [0, 0.1) is 0 Å². The predicted octanol–water partition coefficient (Wildman–Crippen LogP) is 3.95. The van der Waals surface area contributed by atoms with E-state index in [9.17, 15) is 13.2 Å². The highest BCUT2D eigenvalue weighted by molar-refractivity contribution is 6.21. The number of hydrogen-bond donors (Lipinski definition) is 0. The Hall–Kier alpha value is -1.14. The van der Waals surface area contributed by atoms with Crippen LogP contribution in [0.4, 0.5) is 13.2 Å². The summed E-state index contributed by atoms with van der Waals surface area (Å²) in [4.78, 5) is 0. The molecule has 0 N–H and O–H groups in total. The van der Waals surface area contributed by atoms with Gasteiger partial charge in [0.15, 0.2) is 0 Å². The first kappa shape index (κ1) is 16.9. The third-order valence-corrected chi connectivity index (χ3v) is 3.01. The van der Waals surface area contributed by atoms with E-state index in [0.29, 0.717) is 17.1 Å². The van der Waals surface area contributed by atoms with E-state index in [1.165, 1.54) is 14.2 Å². The Morgan fingerprint density at radius 1 is 1.20 bits per heavy atom. The van der Waals surface area contributed by atoms with Crippen LogP contribution in [0.15, 0.2) is 18.2 Å². The zero-order valence-electron chi connectivity index (χ0n) is 11.2. The molecule has 0 saturated heterocycles. The summed E-state index contributed by atoms with van der Waals surface area (Å²) in [7, 11) is 3.01. The van der Waals surface area contributed by atoms with Crippen LogP contribution in [0.2, 0.25) is 0 Å². The molecule has 3 nitrogen and oxygen atoms in total. The van der Waals surface area contributed by atoms with Gasteiger partial charge in [-0.15, -0.1) is 11.6 Å². The SMILES string of the molecule is COc1ccc(OC)c(C(Cl)CCOCC(F)(F)F)c1. The Kier molecular flexibility index (Phi) is 6.42. The quantitative estimate of drug-likeness (QED) is 0.563. The summed E-state index contributed by atoms with van der Waals surface area (Å²) in [6.45, 7) is -1.36. The summed E-state index contributed by atoms with van der Waals surface area (Å²) in [6, 6.07) is 5.10. The fourth-order valence-corrected chi connectivity index (χ4v) is 1.87. The van der Waals surface area contributed by atoms with E-state index in [-0.39, 0.29) is 13.0 Å². The maximum atomic E-state index is 11.9. The molecule has 0 bridgehead atoms. The van der Waals surface area contributed by atoms with E-state index in [2.05, 4.69) is 4.74 Å². The maximum Gasteiger partial charge on any atom is 0.411 e. The van der Waals surface area contributed by atoms with Crippen LogP contribution in [-0.2, 0) is 4.74 Å². The van der Waals surface area contributed by atoms with E-state index in [1.807, 2.05) is 0 Å². The molecule has 0 aliphatic rings. The van der Waals surface area contributed by atoms with Gasteiger partial charge in [-0.05, 0) is 24.6 Å². The normalized spacial score (nSPS) is 13.1. The van der Waals surface area contributed by atoms with Crippen molar-refractivity contribution in [1.82, 2.24) is 0 Å². The van der Waals surface area contributed by atoms with Gasteiger partial charge < -0.3 is 14.2 Å². The molecule has 0 aromatic heterocycles. The Morgan fingerprint density at radius 2 is 1.90 bits per heavy atom. The fourth-order valence-electron chi connectivity index (χ4n) is 1.61. The van der Waals surface area contributed by atoms with Crippen molar-refractivity contribution in [3.8, 4) is 11.5 Å². The molecule has 0 radical (unpaired) electrons. The van der Waals surface area contributed by atoms with Crippen molar-refractivity contribution in [3.05, 3.63) is 23.8 Å². The molecule has 0 saturated carbocycles. The van der Waals surface area contributed by atoms with Crippen molar-refractivity contribution in [1.29, 1.82) is 0 Å². The van der Waals surface area contributed by atoms with Crippen molar-refractivity contribution in [2.24, 2.45) is 0 Å². The number of methoxy groups -OCH3 is 2. The summed E-state index contributed by atoms with van der Waals surface area (Å²) >= 11 is 6.17. The van der Waals surface area contributed by atoms with Gasteiger partial charge in [0.25, 0.3) is 0 Å². The molecule has 1 rings (SSSR count). The molecule has 0 aliphatic heterocycles. The predicted molar refractivity (Wildman–Crippen MR) is 69.6 cm³/mol. The lowest BCUT2D eigenvalue weighted by Crippen LogP contribution is -2.17. The topological polar surface area (TPSA) is 27.7 Å². The second kappa shape index (κ2) is 7.59. The van der Waals surface area contributed by atoms with E-state index in [1.54, 1.807) is 18.2 Å². The van der Waals surface area contributed by atoms with Gasteiger partial charge >= 0.3 is 6.18 Å². The molecule has 1 aromatic rings. The number of ether oxygens (including phenoxy) is 3. The largest absolute Gasteiger partial charge is 0.497 e. The number of alkyl halides is 4. The number of benzene rings is 1. The molecule has 7 heteroatoms. The Balaban J connectivity index is 2.60. The van der Waals surface area contributed by atoms with E-state index < -0.39 is 18.2 Å². The molecule has 1 aromatic carbocycles. The van der Waals surface area contributed by atoms with Crippen molar-refractivity contribution in [2.45, 2.75) is 18.0 Å². The molecular weight excluding hydrogens is 297 g/mol. The fraction of sp³-hybridized carbons (Fsp3) is 0.538. The number of rotatable bonds is 7. The maximum absolute atomic E-state index is 11.9. The highest BCUT2D eigenvalue weighted by Crippen LogP contribution is 2.35. The minimum absolute atomic E-state index is 0.0892. The molecular formula is C13H16ClF3O3. The van der Waals surface area contributed by atoms with Crippen LogP contribution in [0.5, 0.6) is 11.5 Å². The molecule has 0 aliphatic carbocycles. The number of halogens is 4. The second-order valence-corrected chi connectivity index (χ2v) is 4.56. The van der Waals surface area contributed by atoms with Gasteiger partial charge in [-0.1, -0.05) is 0 Å². The molecule has 1 atom stereocenters. The standard InChI is InChI=1S/C13H16ClF3O3/c1-18-9-3-4-12(19-2)10(7-9)11(14)5-6-20-8-13(15,16)17/h3-4,7,11H,5-6,8H2,1-2H3. The molecule has 0 heterocycles. The smallest absolute Gasteiger partial charge is 0.411 e. The van der Waals surface area contributed by atoms with Crippen LogP contribution in [0.25, 0.3) is 0 Å².